The smallest absolute Gasteiger partial charge is 0.306 e. The lowest BCUT2D eigenvalue weighted by Gasteiger charge is -2.18. The first-order valence-corrected chi connectivity index (χ1v) is 25.3. The molecule has 0 saturated carbocycles. The molecule has 6 heteroatoms. The van der Waals surface area contributed by atoms with Crippen LogP contribution in [0.3, 0.4) is 0 Å². The van der Waals surface area contributed by atoms with Crippen LogP contribution in [0, 0.1) is 0 Å². The first-order chi connectivity index (χ1) is 29.5. The molecule has 0 aromatic heterocycles. The van der Waals surface area contributed by atoms with Crippen molar-refractivity contribution in [3.8, 4) is 0 Å². The Hall–Kier alpha value is -2.89. The van der Waals surface area contributed by atoms with Gasteiger partial charge >= 0.3 is 17.9 Å². The first kappa shape index (κ1) is 57.1. The molecule has 0 spiro atoms. The molecule has 1 atom stereocenters. The highest BCUT2D eigenvalue weighted by atomic mass is 16.6. The Morgan fingerprint density at radius 3 is 1.10 bits per heavy atom. The van der Waals surface area contributed by atoms with Gasteiger partial charge in [0.1, 0.15) is 13.2 Å². The monoisotopic (exact) mass is 839 g/mol. The molecule has 0 aliphatic heterocycles. The molecular formula is C54H94O6. The van der Waals surface area contributed by atoms with Gasteiger partial charge in [-0.2, -0.15) is 0 Å². The Bertz CT molecular complexity index is 1100. The van der Waals surface area contributed by atoms with Crippen LogP contribution in [0.1, 0.15) is 245 Å². The fourth-order valence-electron chi connectivity index (χ4n) is 7.04. The van der Waals surface area contributed by atoms with E-state index in [0.717, 1.165) is 70.6 Å². The van der Waals surface area contributed by atoms with Crippen LogP contribution in [0.25, 0.3) is 0 Å². The molecule has 346 valence electrons. The van der Waals surface area contributed by atoms with Gasteiger partial charge in [-0.25, -0.2) is 0 Å². The molecule has 0 heterocycles. The minimum absolute atomic E-state index is 0.0875. The van der Waals surface area contributed by atoms with Crippen molar-refractivity contribution in [1.82, 2.24) is 0 Å². The van der Waals surface area contributed by atoms with Crippen molar-refractivity contribution in [3.05, 3.63) is 60.8 Å². The molecule has 0 bridgehead atoms. The van der Waals surface area contributed by atoms with Gasteiger partial charge in [0.05, 0.1) is 0 Å². The third kappa shape index (κ3) is 46.2. The van der Waals surface area contributed by atoms with E-state index in [0.29, 0.717) is 19.3 Å². The Labute approximate surface area is 370 Å². The number of carbonyl (C=O) groups excluding carboxylic acids is 3. The zero-order valence-electron chi connectivity index (χ0n) is 39.5. The number of allylic oxidation sites excluding steroid dienone is 10. The Balaban J connectivity index is 4.42. The van der Waals surface area contributed by atoms with Crippen LogP contribution in [0.4, 0.5) is 0 Å². The Morgan fingerprint density at radius 2 is 0.667 bits per heavy atom. The summed E-state index contributed by atoms with van der Waals surface area (Å²) in [5, 5.41) is 0. The minimum atomic E-state index is -0.788. The summed E-state index contributed by atoms with van der Waals surface area (Å²) in [7, 11) is 0. The molecule has 6 nitrogen and oxygen atoms in total. The van der Waals surface area contributed by atoms with Crippen molar-refractivity contribution < 1.29 is 28.6 Å². The van der Waals surface area contributed by atoms with Gasteiger partial charge in [-0.1, -0.05) is 223 Å². The van der Waals surface area contributed by atoms with Crippen molar-refractivity contribution in [1.29, 1.82) is 0 Å². The molecule has 0 radical (unpaired) electrons. The van der Waals surface area contributed by atoms with Crippen molar-refractivity contribution >= 4 is 17.9 Å². The molecule has 0 saturated heterocycles. The maximum absolute atomic E-state index is 12.8. The summed E-state index contributed by atoms with van der Waals surface area (Å²) in [4.78, 5) is 37.9. The van der Waals surface area contributed by atoms with Gasteiger partial charge in [-0.15, -0.1) is 0 Å². The highest BCUT2D eigenvalue weighted by molar-refractivity contribution is 5.71. The van der Waals surface area contributed by atoms with Crippen molar-refractivity contribution in [2.45, 2.75) is 252 Å². The number of carbonyl (C=O) groups is 3. The molecule has 60 heavy (non-hydrogen) atoms. The SMILES string of the molecule is CC\C=C/C=C\C=C/C=C\CCCCCC(=O)OCC(COC(=O)CCCCCCCCC/C=C\CCCCCC)OC(=O)CCCCCCCCCCCCCCCC. The van der Waals surface area contributed by atoms with E-state index in [-0.39, 0.29) is 31.1 Å². The maximum atomic E-state index is 12.8. The van der Waals surface area contributed by atoms with Gasteiger partial charge in [0.25, 0.3) is 0 Å². The molecule has 0 aliphatic rings. The van der Waals surface area contributed by atoms with Crippen LogP contribution in [0.2, 0.25) is 0 Å². The van der Waals surface area contributed by atoms with Gasteiger partial charge in [0.15, 0.2) is 6.10 Å². The lowest BCUT2D eigenvalue weighted by Crippen LogP contribution is -2.30. The molecule has 0 N–H and O–H groups in total. The normalized spacial score (nSPS) is 12.5. The topological polar surface area (TPSA) is 78.9 Å². The molecule has 0 aliphatic carbocycles. The van der Waals surface area contributed by atoms with Crippen LogP contribution < -0.4 is 0 Å². The molecule has 0 aromatic rings. The van der Waals surface area contributed by atoms with Crippen molar-refractivity contribution in [2.75, 3.05) is 13.2 Å². The van der Waals surface area contributed by atoms with E-state index in [2.05, 4.69) is 51.2 Å². The fraction of sp³-hybridized carbons (Fsp3) is 0.759. The van der Waals surface area contributed by atoms with Gasteiger partial charge in [0.2, 0.25) is 0 Å². The quantitative estimate of drug-likeness (QED) is 0.0200. The first-order valence-electron chi connectivity index (χ1n) is 25.3. The minimum Gasteiger partial charge on any atom is -0.462 e. The van der Waals surface area contributed by atoms with E-state index in [9.17, 15) is 14.4 Å². The van der Waals surface area contributed by atoms with Crippen LogP contribution >= 0.6 is 0 Å². The summed E-state index contributed by atoms with van der Waals surface area (Å²) in [6.07, 6.45) is 59.1. The average Bonchev–Trinajstić information content (AvgIpc) is 3.24. The molecule has 1 unspecified atom stereocenters. The van der Waals surface area contributed by atoms with E-state index >= 15 is 0 Å². The summed E-state index contributed by atoms with van der Waals surface area (Å²) >= 11 is 0. The molecule has 0 rings (SSSR count). The second kappa shape index (κ2) is 48.8. The third-order valence-corrected chi connectivity index (χ3v) is 10.9. The second-order valence-electron chi connectivity index (χ2n) is 16.8. The van der Waals surface area contributed by atoms with Crippen molar-refractivity contribution in [2.24, 2.45) is 0 Å². The van der Waals surface area contributed by atoms with Crippen molar-refractivity contribution in [3.63, 3.8) is 0 Å². The van der Waals surface area contributed by atoms with E-state index in [1.165, 1.54) is 135 Å². The van der Waals surface area contributed by atoms with E-state index < -0.39 is 6.10 Å². The average molecular weight is 839 g/mol. The largest absolute Gasteiger partial charge is 0.462 e. The fourth-order valence-corrected chi connectivity index (χ4v) is 7.04. The third-order valence-electron chi connectivity index (χ3n) is 10.9. The number of unbranched alkanes of at least 4 members (excludes halogenated alkanes) is 27. The summed E-state index contributed by atoms with van der Waals surface area (Å²) in [6, 6.07) is 0. The van der Waals surface area contributed by atoms with Crippen LogP contribution in [-0.4, -0.2) is 37.2 Å². The zero-order valence-corrected chi connectivity index (χ0v) is 39.5. The summed E-state index contributed by atoms with van der Waals surface area (Å²) < 4.78 is 16.8. The highest BCUT2D eigenvalue weighted by Gasteiger charge is 2.19. The van der Waals surface area contributed by atoms with Crippen LogP contribution in [0.5, 0.6) is 0 Å². The number of hydrogen-bond acceptors (Lipinski definition) is 6. The number of esters is 3. The van der Waals surface area contributed by atoms with E-state index in [1.807, 2.05) is 30.4 Å². The Morgan fingerprint density at radius 1 is 0.350 bits per heavy atom. The lowest BCUT2D eigenvalue weighted by atomic mass is 10.0. The second-order valence-corrected chi connectivity index (χ2v) is 16.8. The van der Waals surface area contributed by atoms with Gasteiger partial charge < -0.3 is 14.2 Å². The van der Waals surface area contributed by atoms with E-state index in [4.69, 9.17) is 14.2 Å². The van der Waals surface area contributed by atoms with E-state index in [1.54, 1.807) is 0 Å². The molecular weight excluding hydrogens is 745 g/mol. The number of rotatable bonds is 45. The Kier molecular flexibility index (Phi) is 46.4. The van der Waals surface area contributed by atoms with Crippen LogP contribution in [0.15, 0.2) is 60.8 Å². The predicted octanol–water partition coefficient (Wildman–Crippen LogP) is 16.5. The van der Waals surface area contributed by atoms with Gasteiger partial charge in [-0.05, 0) is 64.2 Å². The number of hydrogen-bond donors (Lipinski definition) is 0. The van der Waals surface area contributed by atoms with Crippen LogP contribution in [-0.2, 0) is 28.6 Å². The summed E-state index contributed by atoms with van der Waals surface area (Å²) in [5.41, 5.74) is 0. The predicted molar refractivity (Wildman–Crippen MR) is 256 cm³/mol. The lowest BCUT2D eigenvalue weighted by molar-refractivity contribution is -0.167. The van der Waals surface area contributed by atoms with Gasteiger partial charge in [0, 0.05) is 19.3 Å². The maximum Gasteiger partial charge on any atom is 0.306 e. The molecule has 0 amide bonds. The standard InChI is InChI=1S/C54H94O6/c1-4-7-10-13-16-19-22-25-27-30-32-35-38-41-44-47-53(56)59-50-51(49-58-52(55)46-43-40-37-34-31-28-24-21-18-15-12-9-6-3)60-54(57)48-45-42-39-36-33-29-26-23-20-17-14-11-8-5-2/h9,12,15,18-19,21-22,24,28,31,51H,4-8,10-11,13-14,16-17,20,23,25-27,29-30,32-50H2,1-3H3/b12-9-,18-15-,22-19-,24-21-,31-28-. The summed E-state index contributed by atoms with van der Waals surface area (Å²) in [6.45, 7) is 6.45. The number of ether oxygens (including phenoxy) is 3. The molecule has 0 aromatic carbocycles. The van der Waals surface area contributed by atoms with Gasteiger partial charge in [-0.3, -0.25) is 14.4 Å². The molecule has 0 fully saturated rings. The zero-order chi connectivity index (χ0) is 43.7. The summed E-state index contributed by atoms with van der Waals surface area (Å²) in [5.74, 6) is -0.927. The highest BCUT2D eigenvalue weighted by Crippen LogP contribution is 2.15.